The third-order valence-electron chi connectivity index (χ3n) is 9.57. The van der Waals surface area contributed by atoms with Crippen molar-refractivity contribution in [2.24, 2.45) is 0 Å². The molecule has 4 nitrogen and oxygen atoms in total. The van der Waals surface area contributed by atoms with E-state index < -0.39 is 0 Å². The molecular formula is C44H28N4. The molecule has 3 aromatic heterocycles. The summed E-state index contributed by atoms with van der Waals surface area (Å²) in [5.41, 5.74) is 9.96. The summed E-state index contributed by atoms with van der Waals surface area (Å²) in [6, 6.07) is 58.2. The average molecular weight is 613 g/mol. The summed E-state index contributed by atoms with van der Waals surface area (Å²) in [6.45, 7) is 0. The molecule has 3 heterocycles. The van der Waals surface area contributed by atoms with Crippen molar-refractivity contribution in [3.8, 4) is 34.0 Å². The lowest BCUT2D eigenvalue weighted by atomic mass is 10.0. The molecule has 0 saturated heterocycles. The van der Waals surface area contributed by atoms with Gasteiger partial charge in [0.25, 0.3) is 0 Å². The number of hydrogen-bond acceptors (Lipinski definition) is 2. The van der Waals surface area contributed by atoms with Crippen LogP contribution in [0.3, 0.4) is 0 Å². The van der Waals surface area contributed by atoms with E-state index in [9.17, 15) is 0 Å². The topological polar surface area (TPSA) is 35.6 Å². The van der Waals surface area contributed by atoms with E-state index in [0.29, 0.717) is 5.95 Å². The summed E-state index contributed by atoms with van der Waals surface area (Å²) >= 11 is 0. The molecule has 0 bridgehead atoms. The predicted octanol–water partition coefficient (Wildman–Crippen LogP) is 11.2. The Balaban J connectivity index is 1.27. The molecular weight excluding hydrogens is 585 g/mol. The minimum absolute atomic E-state index is 0.653. The molecule has 0 fully saturated rings. The van der Waals surface area contributed by atoms with E-state index in [0.717, 1.165) is 33.5 Å². The van der Waals surface area contributed by atoms with Crippen LogP contribution in [0.2, 0.25) is 0 Å². The first-order valence-corrected chi connectivity index (χ1v) is 16.3. The van der Waals surface area contributed by atoms with Crippen molar-refractivity contribution in [1.82, 2.24) is 19.1 Å². The zero-order valence-corrected chi connectivity index (χ0v) is 26.0. The van der Waals surface area contributed by atoms with Gasteiger partial charge in [0.05, 0.1) is 27.8 Å². The largest absolute Gasteiger partial charge is 0.309 e. The molecule has 4 heteroatoms. The molecule has 48 heavy (non-hydrogen) atoms. The molecule has 0 amide bonds. The molecule has 7 aromatic carbocycles. The van der Waals surface area contributed by atoms with Gasteiger partial charge in [-0.1, -0.05) is 121 Å². The normalized spacial score (nSPS) is 11.8. The van der Waals surface area contributed by atoms with Crippen LogP contribution in [-0.4, -0.2) is 19.1 Å². The van der Waals surface area contributed by atoms with Crippen LogP contribution in [0.1, 0.15) is 0 Å². The van der Waals surface area contributed by atoms with E-state index in [1.54, 1.807) is 0 Å². The maximum atomic E-state index is 5.23. The standard InChI is InChI=1S/C44H28N4/c1-3-11-29(12-4-1)30-19-21-31(22-20-30)38-25-26-45-44(46-38)48-39-18-10-9-17-35(39)36-23-24-40-42(43(36)48)37-27-32-13-7-8-14-33(32)28-41(37)47(40)34-15-5-2-6-16-34/h1-28H. The Labute approximate surface area is 276 Å². The SMILES string of the molecule is c1ccc(-c2ccc(-c3ccnc(-n4c5ccccc5c5ccc6c(c7cc8ccccc8cc7n6-c6ccccc6)c54)n3)cc2)cc1. The Hall–Kier alpha value is -6.52. The van der Waals surface area contributed by atoms with Gasteiger partial charge in [0.2, 0.25) is 5.95 Å². The van der Waals surface area contributed by atoms with Gasteiger partial charge < -0.3 is 4.57 Å². The van der Waals surface area contributed by atoms with Crippen LogP contribution >= 0.6 is 0 Å². The van der Waals surface area contributed by atoms with E-state index in [1.807, 2.05) is 18.3 Å². The first-order chi connectivity index (χ1) is 23.8. The second-order valence-electron chi connectivity index (χ2n) is 12.3. The molecule has 0 saturated carbocycles. The predicted molar refractivity (Wildman–Crippen MR) is 199 cm³/mol. The van der Waals surface area contributed by atoms with Gasteiger partial charge in [-0.05, 0) is 64.4 Å². The molecule has 0 spiro atoms. The molecule has 0 unspecified atom stereocenters. The van der Waals surface area contributed by atoms with Gasteiger partial charge >= 0.3 is 0 Å². The Morgan fingerprint density at radius 1 is 0.417 bits per heavy atom. The van der Waals surface area contributed by atoms with Crippen LogP contribution < -0.4 is 0 Å². The Morgan fingerprint density at radius 2 is 1.08 bits per heavy atom. The van der Waals surface area contributed by atoms with Crippen LogP contribution in [-0.2, 0) is 0 Å². The fourth-order valence-electron chi connectivity index (χ4n) is 7.39. The molecule has 0 aliphatic carbocycles. The van der Waals surface area contributed by atoms with Crippen LogP contribution in [0.25, 0.3) is 88.4 Å². The van der Waals surface area contributed by atoms with Gasteiger partial charge in [-0.2, -0.15) is 0 Å². The van der Waals surface area contributed by atoms with Crippen molar-refractivity contribution in [3.05, 3.63) is 170 Å². The zero-order valence-electron chi connectivity index (χ0n) is 26.0. The summed E-state index contributed by atoms with van der Waals surface area (Å²) in [4.78, 5) is 10.2. The lowest BCUT2D eigenvalue weighted by molar-refractivity contribution is 0.994. The number of rotatable bonds is 4. The van der Waals surface area contributed by atoms with Crippen molar-refractivity contribution in [2.45, 2.75) is 0 Å². The summed E-state index contributed by atoms with van der Waals surface area (Å²) < 4.78 is 4.66. The van der Waals surface area contributed by atoms with Crippen molar-refractivity contribution in [2.75, 3.05) is 0 Å². The zero-order chi connectivity index (χ0) is 31.6. The van der Waals surface area contributed by atoms with Crippen molar-refractivity contribution < 1.29 is 0 Å². The van der Waals surface area contributed by atoms with Crippen LogP contribution in [0, 0.1) is 0 Å². The van der Waals surface area contributed by atoms with E-state index in [1.165, 1.54) is 49.0 Å². The van der Waals surface area contributed by atoms with Gasteiger partial charge in [0.1, 0.15) is 0 Å². The Bertz CT molecular complexity index is 2810. The van der Waals surface area contributed by atoms with Crippen LogP contribution in [0.15, 0.2) is 170 Å². The Morgan fingerprint density at radius 3 is 1.90 bits per heavy atom. The number of aromatic nitrogens is 4. The second-order valence-corrected chi connectivity index (χ2v) is 12.3. The van der Waals surface area contributed by atoms with Crippen molar-refractivity contribution in [1.29, 1.82) is 0 Å². The Kier molecular flexibility index (Phi) is 5.84. The van der Waals surface area contributed by atoms with E-state index >= 15 is 0 Å². The molecule has 10 rings (SSSR count). The summed E-state index contributed by atoms with van der Waals surface area (Å²) in [7, 11) is 0. The minimum atomic E-state index is 0.653. The lowest BCUT2D eigenvalue weighted by Gasteiger charge is -2.10. The molecule has 0 radical (unpaired) electrons. The van der Waals surface area contributed by atoms with Gasteiger partial charge in [-0.3, -0.25) is 4.57 Å². The number of fused-ring (bicyclic) bond motifs is 8. The van der Waals surface area contributed by atoms with E-state index in [-0.39, 0.29) is 0 Å². The van der Waals surface area contributed by atoms with Gasteiger partial charge in [-0.15, -0.1) is 0 Å². The third-order valence-corrected chi connectivity index (χ3v) is 9.57. The highest BCUT2D eigenvalue weighted by atomic mass is 15.2. The van der Waals surface area contributed by atoms with Crippen molar-refractivity contribution in [3.63, 3.8) is 0 Å². The molecule has 0 aliphatic heterocycles. The highest BCUT2D eigenvalue weighted by Gasteiger charge is 2.22. The van der Waals surface area contributed by atoms with Gasteiger partial charge in [0.15, 0.2) is 0 Å². The molecule has 224 valence electrons. The number of nitrogens with zero attached hydrogens (tertiary/aromatic N) is 4. The highest BCUT2D eigenvalue weighted by molar-refractivity contribution is 6.27. The van der Waals surface area contributed by atoms with Gasteiger partial charge in [-0.25, -0.2) is 9.97 Å². The third kappa shape index (κ3) is 4.03. The maximum Gasteiger partial charge on any atom is 0.235 e. The molecule has 0 atom stereocenters. The maximum absolute atomic E-state index is 5.23. The monoisotopic (exact) mass is 612 g/mol. The molecule has 0 N–H and O–H groups in total. The summed E-state index contributed by atoms with van der Waals surface area (Å²) in [5.74, 6) is 0.653. The van der Waals surface area contributed by atoms with Crippen LogP contribution in [0.5, 0.6) is 0 Å². The smallest absolute Gasteiger partial charge is 0.235 e. The van der Waals surface area contributed by atoms with E-state index in [2.05, 4.69) is 161 Å². The first kappa shape index (κ1) is 26.7. The average Bonchev–Trinajstić information content (AvgIpc) is 3.67. The number of benzene rings is 7. The first-order valence-electron chi connectivity index (χ1n) is 16.3. The molecule has 10 aromatic rings. The fraction of sp³-hybridized carbons (Fsp3) is 0. The fourth-order valence-corrected chi connectivity index (χ4v) is 7.39. The van der Waals surface area contributed by atoms with E-state index in [4.69, 9.17) is 9.97 Å². The lowest BCUT2D eigenvalue weighted by Crippen LogP contribution is -2.02. The minimum Gasteiger partial charge on any atom is -0.309 e. The summed E-state index contributed by atoms with van der Waals surface area (Å²) in [6.07, 6.45) is 1.88. The van der Waals surface area contributed by atoms with Crippen molar-refractivity contribution >= 4 is 54.4 Å². The second kappa shape index (κ2) is 10.5. The number of hydrogen-bond donors (Lipinski definition) is 0. The number of para-hydroxylation sites is 2. The van der Waals surface area contributed by atoms with Crippen LogP contribution in [0.4, 0.5) is 0 Å². The summed E-state index contributed by atoms with van der Waals surface area (Å²) in [5, 5.41) is 7.19. The quantitative estimate of drug-likeness (QED) is 0.198. The van der Waals surface area contributed by atoms with Gasteiger partial charge in [0, 0.05) is 39.0 Å². The molecule has 0 aliphatic rings. The highest BCUT2D eigenvalue weighted by Crippen LogP contribution is 2.42.